The Morgan fingerprint density at radius 1 is 1.21 bits per heavy atom. The van der Waals surface area contributed by atoms with Gasteiger partial charge < -0.3 is 14.6 Å². The van der Waals surface area contributed by atoms with Gasteiger partial charge in [0.05, 0.1) is 12.7 Å². The van der Waals surface area contributed by atoms with Gasteiger partial charge in [0.15, 0.2) is 11.5 Å². The summed E-state index contributed by atoms with van der Waals surface area (Å²) in [6, 6.07) is 12.8. The minimum absolute atomic E-state index is 0.250. The first-order valence-corrected chi connectivity index (χ1v) is 10.2. The zero-order valence-electron chi connectivity index (χ0n) is 16.8. The molecule has 29 heavy (non-hydrogen) atoms. The summed E-state index contributed by atoms with van der Waals surface area (Å²) >= 11 is 0. The Kier molecular flexibility index (Phi) is 5.61. The van der Waals surface area contributed by atoms with E-state index in [1.807, 2.05) is 18.2 Å². The third-order valence-electron chi connectivity index (χ3n) is 6.26. The van der Waals surface area contributed by atoms with Crippen LogP contribution in [0, 0.1) is 5.82 Å². The second kappa shape index (κ2) is 8.17. The van der Waals surface area contributed by atoms with Crippen molar-refractivity contribution in [1.82, 2.24) is 4.90 Å². The molecule has 154 valence electrons. The number of benzene rings is 2. The van der Waals surface area contributed by atoms with Crippen molar-refractivity contribution in [1.29, 1.82) is 0 Å². The molecule has 0 amide bonds. The van der Waals surface area contributed by atoms with E-state index in [1.54, 1.807) is 19.3 Å². The fourth-order valence-electron chi connectivity index (χ4n) is 4.94. The highest BCUT2D eigenvalue weighted by molar-refractivity contribution is 5.47. The molecule has 4 nitrogen and oxygen atoms in total. The molecule has 0 aromatic heterocycles. The summed E-state index contributed by atoms with van der Waals surface area (Å²) < 4.78 is 25.1. The zero-order chi connectivity index (χ0) is 20.4. The van der Waals surface area contributed by atoms with E-state index in [4.69, 9.17) is 9.47 Å². The number of hydrogen-bond donors (Lipinski definition) is 1. The van der Waals surface area contributed by atoms with Crippen LogP contribution in [-0.4, -0.2) is 35.8 Å². The van der Waals surface area contributed by atoms with E-state index in [1.165, 1.54) is 12.1 Å². The van der Waals surface area contributed by atoms with E-state index in [0.717, 1.165) is 30.7 Å². The van der Waals surface area contributed by atoms with Crippen LogP contribution >= 0.6 is 0 Å². The third-order valence-corrected chi connectivity index (χ3v) is 6.26. The number of ether oxygens (including phenoxy) is 2. The summed E-state index contributed by atoms with van der Waals surface area (Å²) in [5, 5.41) is 11.3. The zero-order valence-corrected chi connectivity index (χ0v) is 16.8. The van der Waals surface area contributed by atoms with E-state index in [0.29, 0.717) is 30.8 Å². The maximum absolute atomic E-state index is 13.7. The molecule has 2 aliphatic heterocycles. The van der Waals surface area contributed by atoms with Crippen molar-refractivity contribution in [3.63, 3.8) is 0 Å². The van der Waals surface area contributed by atoms with Gasteiger partial charge in [-0.05, 0) is 49.4 Å². The van der Waals surface area contributed by atoms with Crippen molar-refractivity contribution in [3.05, 3.63) is 72.1 Å². The molecule has 2 saturated heterocycles. The molecule has 2 aromatic carbocycles. The smallest absolute Gasteiger partial charge is 0.166 e. The molecule has 0 unspecified atom stereocenters. The highest BCUT2D eigenvalue weighted by Crippen LogP contribution is 2.47. The lowest BCUT2D eigenvalue weighted by Crippen LogP contribution is -2.49. The number of halogens is 1. The number of piperidine rings is 1. The molecule has 2 aromatic rings. The molecule has 0 radical (unpaired) electrons. The molecule has 0 aliphatic carbocycles. The van der Waals surface area contributed by atoms with E-state index >= 15 is 0 Å². The maximum Gasteiger partial charge on any atom is 0.166 e. The van der Waals surface area contributed by atoms with Crippen LogP contribution in [0.4, 0.5) is 4.39 Å². The number of fused-ring (bicyclic) bond motifs is 2. The Balaban J connectivity index is 1.56. The van der Waals surface area contributed by atoms with Gasteiger partial charge in [0, 0.05) is 24.2 Å². The summed E-state index contributed by atoms with van der Waals surface area (Å²) in [5.41, 5.74) is 0.783. The SMILES string of the molecule is C=CCOc1c(CN2[C@H]3CC[C@H]2CC(O)(c2cccc(F)c2)C3)cccc1OC. The molecule has 1 N–H and O–H groups in total. The predicted molar refractivity (Wildman–Crippen MR) is 111 cm³/mol. The lowest BCUT2D eigenvalue weighted by Gasteiger charge is -2.44. The van der Waals surface area contributed by atoms with Crippen LogP contribution in [0.2, 0.25) is 0 Å². The maximum atomic E-state index is 13.7. The molecule has 2 bridgehead atoms. The fourth-order valence-corrected chi connectivity index (χ4v) is 4.94. The van der Waals surface area contributed by atoms with Gasteiger partial charge in [0.1, 0.15) is 12.4 Å². The monoisotopic (exact) mass is 397 g/mol. The van der Waals surface area contributed by atoms with Crippen molar-refractivity contribution < 1.29 is 19.0 Å². The number of rotatable bonds is 7. The summed E-state index contributed by atoms with van der Waals surface area (Å²) in [5.74, 6) is 1.16. The van der Waals surface area contributed by atoms with E-state index in [9.17, 15) is 9.50 Å². The molecule has 2 atom stereocenters. The number of methoxy groups -OCH3 is 1. The van der Waals surface area contributed by atoms with Crippen molar-refractivity contribution in [2.45, 2.75) is 49.9 Å². The molecule has 0 spiro atoms. The molecule has 2 fully saturated rings. The quantitative estimate of drug-likeness (QED) is 0.703. The van der Waals surface area contributed by atoms with Crippen molar-refractivity contribution >= 4 is 0 Å². The van der Waals surface area contributed by atoms with Gasteiger partial charge in [-0.2, -0.15) is 0 Å². The molecule has 2 heterocycles. The first kappa shape index (κ1) is 19.9. The Labute approximate surface area is 171 Å². The van der Waals surface area contributed by atoms with Gasteiger partial charge in [-0.15, -0.1) is 0 Å². The minimum atomic E-state index is -0.971. The first-order valence-electron chi connectivity index (χ1n) is 10.2. The van der Waals surface area contributed by atoms with E-state index < -0.39 is 5.60 Å². The third kappa shape index (κ3) is 3.89. The topological polar surface area (TPSA) is 41.9 Å². The van der Waals surface area contributed by atoms with Gasteiger partial charge in [-0.25, -0.2) is 4.39 Å². The van der Waals surface area contributed by atoms with Crippen LogP contribution in [0.5, 0.6) is 11.5 Å². The van der Waals surface area contributed by atoms with Crippen LogP contribution in [0.3, 0.4) is 0 Å². The second-order valence-electron chi connectivity index (χ2n) is 8.06. The molecule has 5 heteroatoms. The minimum Gasteiger partial charge on any atom is -0.493 e. The van der Waals surface area contributed by atoms with Crippen LogP contribution in [0.15, 0.2) is 55.1 Å². The highest BCUT2D eigenvalue weighted by Gasteiger charge is 2.48. The molecule has 4 rings (SSSR count). The molecular formula is C24H28FNO3. The number of hydrogen-bond acceptors (Lipinski definition) is 4. The van der Waals surface area contributed by atoms with Gasteiger partial charge >= 0.3 is 0 Å². The standard InChI is InChI=1S/C24H28FNO3/c1-3-12-29-23-17(6-4-9-22(23)28-2)16-26-20-10-11-21(26)15-24(27,14-20)18-7-5-8-19(25)13-18/h3-9,13,20-21,27H,1,10-12,14-16H2,2H3/t20-,21-/m0/s1. The normalized spacial score (nSPS) is 26.3. The van der Waals surface area contributed by atoms with Crippen molar-refractivity contribution in [2.75, 3.05) is 13.7 Å². The van der Waals surface area contributed by atoms with Crippen molar-refractivity contribution in [2.24, 2.45) is 0 Å². The number of nitrogens with zero attached hydrogens (tertiary/aromatic N) is 1. The Morgan fingerprint density at radius 2 is 1.93 bits per heavy atom. The van der Waals surface area contributed by atoms with Crippen LogP contribution in [0.1, 0.15) is 36.8 Å². The van der Waals surface area contributed by atoms with E-state index in [2.05, 4.69) is 17.5 Å². The number of aliphatic hydroxyl groups is 1. The lowest BCUT2D eigenvalue weighted by atomic mass is 9.80. The molecular weight excluding hydrogens is 369 g/mol. The van der Waals surface area contributed by atoms with E-state index in [-0.39, 0.29) is 17.9 Å². The van der Waals surface area contributed by atoms with Gasteiger partial charge in [-0.3, -0.25) is 4.90 Å². The van der Waals surface area contributed by atoms with Crippen molar-refractivity contribution in [3.8, 4) is 11.5 Å². The number of para-hydroxylation sites is 1. The molecule has 0 saturated carbocycles. The summed E-state index contributed by atoms with van der Waals surface area (Å²) in [6.45, 7) is 4.88. The Hall–Kier alpha value is -2.37. The fraction of sp³-hybridized carbons (Fsp3) is 0.417. The Morgan fingerprint density at radius 3 is 2.59 bits per heavy atom. The largest absolute Gasteiger partial charge is 0.493 e. The first-order chi connectivity index (χ1) is 14.0. The lowest BCUT2D eigenvalue weighted by molar-refractivity contribution is -0.0598. The average Bonchev–Trinajstić information content (AvgIpc) is 2.96. The van der Waals surface area contributed by atoms with Crippen LogP contribution < -0.4 is 9.47 Å². The summed E-state index contributed by atoms with van der Waals surface area (Å²) in [7, 11) is 1.64. The Bertz CT molecular complexity index is 870. The predicted octanol–water partition coefficient (Wildman–Crippen LogP) is 4.41. The molecule has 2 aliphatic rings. The van der Waals surface area contributed by atoms with Gasteiger partial charge in [0.2, 0.25) is 0 Å². The van der Waals surface area contributed by atoms with Gasteiger partial charge in [-0.1, -0.05) is 36.9 Å². The average molecular weight is 397 g/mol. The van der Waals surface area contributed by atoms with Gasteiger partial charge in [0.25, 0.3) is 0 Å². The van der Waals surface area contributed by atoms with Crippen LogP contribution in [-0.2, 0) is 12.1 Å². The summed E-state index contributed by atoms with van der Waals surface area (Å²) in [6.07, 6.45) is 5.02. The summed E-state index contributed by atoms with van der Waals surface area (Å²) in [4.78, 5) is 2.46. The second-order valence-corrected chi connectivity index (χ2v) is 8.06. The highest BCUT2D eigenvalue weighted by atomic mass is 19.1. The van der Waals surface area contributed by atoms with Crippen LogP contribution in [0.25, 0.3) is 0 Å².